The summed E-state index contributed by atoms with van der Waals surface area (Å²) in [6, 6.07) is 8.10. The van der Waals surface area contributed by atoms with Gasteiger partial charge in [0, 0.05) is 19.7 Å². The molecule has 0 aliphatic rings. The summed E-state index contributed by atoms with van der Waals surface area (Å²) in [5.41, 5.74) is 2.07. The lowest BCUT2D eigenvalue weighted by molar-refractivity contribution is 0.568. The summed E-state index contributed by atoms with van der Waals surface area (Å²) >= 11 is 0. The Morgan fingerprint density at radius 2 is 2.00 bits per heavy atom. The van der Waals surface area contributed by atoms with Crippen LogP contribution >= 0.6 is 0 Å². The van der Waals surface area contributed by atoms with Gasteiger partial charge in [0.05, 0.1) is 12.4 Å². The molecule has 1 unspecified atom stereocenters. The number of aromatic nitrogens is 2. The van der Waals surface area contributed by atoms with Gasteiger partial charge in [-0.05, 0) is 24.6 Å². The average molecular weight is 244 g/mol. The van der Waals surface area contributed by atoms with E-state index in [2.05, 4.69) is 22.1 Å². The third-order valence-corrected chi connectivity index (χ3v) is 2.52. The van der Waals surface area contributed by atoms with Crippen LogP contribution in [0.1, 0.15) is 18.5 Å². The second-order valence-electron chi connectivity index (χ2n) is 4.27. The fraction of sp³-hybridized carbons (Fsp3) is 0.308. The highest BCUT2D eigenvalue weighted by atomic mass is 16.4. The molecule has 2 rings (SSSR count). The van der Waals surface area contributed by atoms with Gasteiger partial charge in [-0.3, -0.25) is 4.99 Å². The topological polar surface area (TPSA) is 54.5 Å². The molecule has 1 aromatic heterocycles. The summed E-state index contributed by atoms with van der Waals surface area (Å²) in [6.07, 6.45) is 3.14. The maximum Gasteiger partial charge on any atom is 0.247 e. The van der Waals surface area contributed by atoms with Crippen LogP contribution < -0.4 is 0 Å². The molecule has 5 heteroatoms. The fourth-order valence-electron chi connectivity index (χ4n) is 1.52. The number of aliphatic imine (C=N–C) groups is 1. The van der Waals surface area contributed by atoms with Crippen LogP contribution in [0.2, 0.25) is 0 Å². The molecule has 0 amide bonds. The van der Waals surface area contributed by atoms with E-state index in [-0.39, 0.29) is 6.04 Å². The Labute approximate surface area is 106 Å². The second kappa shape index (κ2) is 5.44. The van der Waals surface area contributed by atoms with Crippen LogP contribution in [0.3, 0.4) is 0 Å². The van der Waals surface area contributed by atoms with E-state index in [1.807, 2.05) is 49.6 Å². The molecule has 1 aromatic carbocycles. The van der Waals surface area contributed by atoms with Crippen molar-refractivity contribution in [2.24, 2.45) is 4.99 Å². The molecule has 1 heterocycles. The van der Waals surface area contributed by atoms with Crippen LogP contribution in [-0.2, 0) is 0 Å². The smallest absolute Gasteiger partial charge is 0.247 e. The molecule has 0 N–H and O–H groups in total. The van der Waals surface area contributed by atoms with Gasteiger partial charge in [0.15, 0.2) is 0 Å². The van der Waals surface area contributed by atoms with Gasteiger partial charge < -0.3 is 9.32 Å². The molecule has 0 spiro atoms. The van der Waals surface area contributed by atoms with E-state index in [4.69, 9.17) is 4.42 Å². The molecular weight excluding hydrogens is 228 g/mol. The number of rotatable bonds is 4. The van der Waals surface area contributed by atoms with Crippen LogP contribution in [0.4, 0.5) is 0 Å². The van der Waals surface area contributed by atoms with Gasteiger partial charge in [-0.15, -0.1) is 10.2 Å². The van der Waals surface area contributed by atoms with E-state index in [0.717, 1.165) is 11.1 Å². The van der Waals surface area contributed by atoms with Crippen molar-refractivity contribution in [2.45, 2.75) is 13.0 Å². The first-order valence-corrected chi connectivity index (χ1v) is 5.73. The van der Waals surface area contributed by atoms with Gasteiger partial charge in [0.2, 0.25) is 12.3 Å². The summed E-state index contributed by atoms with van der Waals surface area (Å²) in [6.45, 7) is 2.06. The molecule has 2 aromatic rings. The minimum atomic E-state index is 0.129. The highest BCUT2D eigenvalue weighted by Crippen LogP contribution is 2.21. The van der Waals surface area contributed by atoms with Crippen molar-refractivity contribution in [3.8, 4) is 11.5 Å². The van der Waals surface area contributed by atoms with Crippen LogP contribution in [0.15, 0.2) is 40.1 Å². The molecule has 0 saturated heterocycles. The number of hydrogen-bond acceptors (Lipinski definition) is 4. The Kier molecular flexibility index (Phi) is 3.72. The highest BCUT2D eigenvalue weighted by molar-refractivity contribution is 5.55. The van der Waals surface area contributed by atoms with E-state index in [0.29, 0.717) is 5.89 Å². The third-order valence-electron chi connectivity index (χ3n) is 2.52. The number of hydrogen-bond donors (Lipinski definition) is 0. The lowest BCUT2D eigenvalue weighted by atomic mass is 10.1. The summed E-state index contributed by atoms with van der Waals surface area (Å²) in [7, 11) is 3.91. The summed E-state index contributed by atoms with van der Waals surface area (Å²) < 4.78 is 5.14. The fourth-order valence-corrected chi connectivity index (χ4v) is 1.52. The molecule has 18 heavy (non-hydrogen) atoms. The Bertz CT molecular complexity index is 502. The summed E-state index contributed by atoms with van der Waals surface area (Å²) in [5, 5.41) is 7.53. The van der Waals surface area contributed by atoms with Crippen molar-refractivity contribution >= 4 is 6.34 Å². The zero-order chi connectivity index (χ0) is 13.0. The maximum absolute atomic E-state index is 5.14. The first-order chi connectivity index (χ1) is 8.66. The monoisotopic (exact) mass is 244 g/mol. The van der Waals surface area contributed by atoms with Crippen molar-refractivity contribution in [1.82, 2.24) is 15.1 Å². The molecule has 0 aliphatic carbocycles. The Morgan fingerprint density at radius 1 is 1.28 bits per heavy atom. The van der Waals surface area contributed by atoms with Crippen molar-refractivity contribution in [3.63, 3.8) is 0 Å². The third kappa shape index (κ3) is 2.94. The molecule has 94 valence electrons. The van der Waals surface area contributed by atoms with E-state index >= 15 is 0 Å². The van der Waals surface area contributed by atoms with Crippen LogP contribution in [0.5, 0.6) is 0 Å². The minimum Gasteiger partial charge on any atom is -0.423 e. The molecule has 0 aliphatic heterocycles. The first kappa shape index (κ1) is 12.3. The normalized spacial score (nSPS) is 12.8. The highest BCUT2D eigenvalue weighted by Gasteiger charge is 2.06. The van der Waals surface area contributed by atoms with Crippen molar-refractivity contribution in [3.05, 3.63) is 36.2 Å². The average Bonchev–Trinajstić information content (AvgIpc) is 2.90. The first-order valence-electron chi connectivity index (χ1n) is 5.73. The number of nitrogens with zero attached hydrogens (tertiary/aromatic N) is 4. The van der Waals surface area contributed by atoms with Crippen LogP contribution in [0.25, 0.3) is 11.5 Å². The molecule has 5 nitrogen and oxygen atoms in total. The summed E-state index contributed by atoms with van der Waals surface area (Å²) in [4.78, 5) is 6.36. The Balaban J connectivity index is 2.12. The predicted octanol–water partition coefficient (Wildman–Crippen LogP) is 2.39. The minimum absolute atomic E-state index is 0.129. The molecule has 0 bridgehead atoms. The van der Waals surface area contributed by atoms with Crippen molar-refractivity contribution in [1.29, 1.82) is 0 Å². The SMILES string of the molecule is CC(N=CN(C)C)c1ccc(-c2nnco2)cc1. The zero-order valence-electron chi connectivity index (χ0n) is 10.7. The van der Waals surface area contributed by atoms with Gasteiger partial charge in [0.25, 0.3) is 0 Å². The molecule has 0 fully saturated rings. The Hall–Kier alpha value is -2.17. The van der Waals surface area contributed by atoms with E-state index in [1.165, 1.54) is 6.39 Å². The largest absolute Gasteiger partial charge is 0.423 e. The maximum atomic E-state index is 5.14. The standard InChI is InChI=1S/C13H16N4O/c1-10(14-8-17(2)3)11-4-6-12(7-5-11)13-16-15-9-18-13/h4-10H,1-3H3. The van der Waals surface area contributed by atoms with Gasteiger partial charge >= 0.3 is 0 Å². The van der Waals surface area contributed by atoms with Crippen molar-refractivity contribution < 1.29 is 4.42 Å². The quantitative estimate of drug-likeness (QED) is 0.612. The molecule has 1 atom stereocenters. The second-order valence-corrected chi connectivity index (χ2v) is 4.27. The Morgan fingerprint density at radius 3 is 2.56 bits per heavy atom. The van der Waals surface area contributed by atoms with Gasteiger partial charge in [-0.2, -0.15) is 0 Å². The molecule has 0 saturated carbocycles. The van der Waals surface area contributed by atoms with Crippen molar-refractivity contribution in [2.75, 3.05) is 14.1 Å². The molecule has 0 radical (unpaired) electrons. The lowest BCUT2D eigenvalue weighted by Gasteiger charge is -2.09. The van der Waals surface area contributed by atoms with Crippen LogP contribution in [0, 0.1) is 0 Å². The predicted molar refractivity (Wildman–Crippen MR) is 70.3 cm³/mol. The van der Waals surface area contributed by atoms with Gasteiger partial charge in [0.1, 0.15) is 0 Å². The van der Waals surface area contributed by atoms with Gasteiger partial charge in [-0.1, -0.05) is 12.1 Å². The van der Waals surface area contributed by atoms with Crippen LogP contribution in [-0.4, -0.2) is 35.5 Å². The zero-order valence-corrected chi connectivity index (χ0v) is 10.7. The lowest BCUT2D eigenvalue weighted by Crippen LogP contribution is -2.08. The van der Waals surface area contributed by atoms with E-state index in [1.54, 1.807) is 0 Å². The van der Waals surface area contributed by atoms with Gasteiger partial charge in [-0.25, -0.2) is 0 Å². The van der Waals surface area contributed by atoms with E-state index < -0.39 is 0 Å². The van der Waals surface area contributed by atoms with E-state index in [9.17, 15) is 0 Å². The summed E-state index contributed by atoms with van der Waals surface area (Å²) in [5.74, 6) is 0.533. The number of benzene rings is 1. The molecular formula is C13H16N4O.